The smallest absolute Gasteiger partial charge is 0.382 e. The van der Waals surface area contributed by atoms with E-state index in [0.717, 1.165) is 12.3 Å². The fourth-order valence-electron chi connectivity index (χ4n) is 2.57. The van der Waals surface area contributed by atoms with E-state index in [1.807, 2.05) is 20.8 Å². The lowest BCUT2D eigenvalue weighted by atomic mass is 10.1. The van der Waals surface area contributed by atoms with Gasteiger partial charge in [0.15, 0.2) is 5.82 Å². The lowest BCUT2D eigenvalue weighted by Crippen LogP contribution is -2.26. The molecule has 0 aliphatic rings. The molecule has 0 bridgehead atoms. The number of ether oxygens (including phenoxy) is 1. The van der Waals surface area contributed by atoms with Crippen LogP contribution in [0.25, 0.3) is 5.82 Å². The van der Waals surface area contributed by atoms with Crippen LogP contribution in [0.1, 0.15) is 54.7 Å². The Morgan fingerprint density at radius 2 is 2.04 bits per heavy atom. The van der Waals surface area contributed by atoms with E-state index in [0.29, 0.717) is 37.4 Å². The molecule has 1 N–H and O–H groups in total. The predicted molar refractivity (Wildman–Crippen MR) is 93.9 cm³/mol. The molecule has 148 valence electrons. The maximum absolute atomic E-state index is 12.7. The summed E-state index contributed by atoms with van der Waals surface area (Å²) >= 11 is 0. The Kier molecular flexibility index (Phi) is 6.95. The molecule has 2 aromatic heterocycles. The minimum atomic E-state index is -4.46. The van der Waals surface area contributed by atoms with Gasteiger partial charge in [-0.25, -0.2) is 9.67 Å². The molecule has 0 saturated heterocycles. The number of hydrogen-bond donors (Lipinski definition) is 1. The summed E-state index contributed by atoms with van der Waals surface area (Å²) in [6, 6.07) is 2.19. The van der Waals surface area contributed by atoms with Crippen LogP contribution in [0, 0.1) is 0 Å². The van der Waals surface area contributed by atoms with E-state index >= 15 is 0 Å². The average Bonchev–Trinajstić information content (AvgIpc) is 3.06. The van der Waals surface area contributed by atoms with Crippen molar-refractivity contribution in [1.82, 2.24) is 20.1 Å². The molecule has 0 aliphatic carbocycles. The number of carbonyl (C=O) groups excluding carboxylic acids is 1. The third-order valence-corrected chi connectivity index (χ3v) is 3.85. The van der Waals surface area contributed by atoms with E-state index in [9.17, 15) is 18.0 Å². The normalized spacial score (nSPS) is 11.8. The number of aromatic nitrogens is 3. The van der Waals surface area contributed by atoms with Crippen molar-refractivity contribution in [1.29, 1.82) is 0 Å². The van der Waals surface area contributed by atoms with Crippen LogP contribution >= 0.6 is 0 Å². The number of carbonyl (C=O) groups is 1. The Morgan fingerprint density at radius 1 is 1.30 bits per heavy atom. The molecule has 0 aromatic carbocycles. The number of rotatable bonds is 8. The molecular formula is C18H23F3N4O2. The highest BCUT2D eigenvalue weighted by atomic mass is 19.4. The van der Waals surface area contributed by atoms with Crippen molar-refractivity contribution in [2.24, 2.45) is 0 Å². The second-order valence-corrected chi connectivity index (χ2v) is 6.22. The zero-order valence-corrected chi connectivity index (χ0v) is 15.5. The molecular weight excluding hydrogens is 361 g/mol. The summed E-state index contributed by atoms with van der Waals surface area (Å²) in [5.41, 5.74) is 0.129. The second-order valence-electron chi connectivity index (χ2n) is 6.22. The van der Waals surface area contributed by atoms with Gasteiger partial charge < -0.3 is 10.1 Å². The highest BCUT2D eigenvalue weighted by Crippen LogP contribution is 2.29. The third-order valence-electron chi connectivity index (χ3n) is 3.85. The van der Waals surface area contributed by atoms with E-state index in [2.05, 4.69) is 15.4 Å². The van der Waals surface area contributed by atoms with Crippen molar-refractivity contribution >= 4 is 5.91 Å². The minimum Gasteiger partial charge on any atom is -0.382 e. The maximum atomic E-state index is 12.7. The topological polar surface area (TPSA) is 69.0 Å². The zero-order chi connectivity index (χ0) is 20.0. The van der Waals surface area contributed by atoms with Crippen molar-refractivity contribution in [2.75, 3.05) is 19.8 Å². The monoisotopic (exact) mass is 384 g/mol. The molecule has 2 heterocycles. The standard InChI is InChI=1S/C18H23F3N4O2/c1-4-27-9-5-8-22-17(26)14-11-24-25(16(14)12(2)3)15-7-6-13(10-23-15)18(19,20)21/h6-7,10-12H,4-5,8-9H2,1-3H3,(H,22,26). The van der Waals surface area contributed by atoms with Crippen molar-refractivity contribution in [3.05, 3.63) is 41.3 Å². The van der Waals surface area contributed by atoms with Crippen molar-refractivity contribution in [3.8, 4) is 5.82 Å². The first-order chi connectivity index (χ1) is 12.8. The molecule has 2 rings (SSSR count). The Morgan fingerprint density at radius 3 is 2.59 bits per heavy atom. The molecule has 0 radical (unpaired) electrons. The Labute approximate surface area is 155 Å². The Hall–Kier alpha value is -2.42. The predicted octanol–water partition coefficient (Wildman–Crippen LogP) is 3.57. The SMILES string of the molecule is CCOCCCNC(=O)c1cnn(-c2ccc(C(F)(F)F)cn2)c1C(C)C. The summed E-state index contributed by atoms with van der Waals surface area (Å²) in [5.74, 6) is -0.142. The maximum Gasteiger partial charge on any atom is 0.417 e. The number of amides is 1. The quantitative estimate of drug-likeness (QED) is 0.707. The number of alkyl halides is 3. The van der Waals surface area contributed by atoms with Gasteiger partial charge in [0.1, 0.15) is 0 Å². The first kappa shape index (κ1) is 20.9. The number of halogens is 3. The Bertz CT molecular complexity index is 755. The van der Waals surface area contributed by atoms with Gasteiger partial charge >= 0.3 is 6.18 Å². The van der Waals surface area contributed by atoms with Crippen LogP contribution in [0.3, 0.4) is 0 Å². The molecule has 1 amide bonds. The average molecular weight is 384 g/mol. The summed E-state index contributed by atoms with van der Waals surface area (Å²) in [7, 11) is 0. The molecule has 0 unspecified atom stereocenters. The van der Waals surface area contributed by atoms with Crippen LogP contribution < -0.4 is 5.32 Å². The Balaban J connectivity index is 2.20. The number of nitrogens with zero attached hydrogens (tertiary/aromatic N) is 3. The van der Waals surface area contributed by atoms with E-state index in [4.69, 9.17) is 4.74 Å². The van der Waals surface area contributed by atoms with E-state index < -0.39 is 11.7 Å². The zero-order valence-electron chi connectivity index (χ0n) is 15.5. The van der Waals surface area contributed by atoms with E-state index in [-0.39, 0.29) is 17.6 Å². The first-order valence-electron chi connectivity index (χ1n) is 8.73. The number of pyridine rings is 1. The van der Waals surface area contributed by atoms with Gasteiger partial charge in [-0.2, -0.15) is 18.3 Å². The van der Waals surface area contributed by atoms with Crippen molar-refractivity contribution < 1.29 is 22.7 Å². The van der Waals surface area contributed by atoms with Gasteiger partial charge in [-0.1, -0.05) is 13.8 Å². The van der Waals surface area contributed by atoms with Gasteiger partial charge in [0.25, 0.3) is 5.91 Å². The summed E-state index contributed by atoms with van der Waals surface area (Å²) < 4.78 is 44.8. The van der Waals surface area contributed by atoms with Crippen LogP contribution in [0.4, 0.5) is 13.2 Å². The molecule has 0 atom stereocenters. The highest BCUT2D eigenvalue weighted by molar-refractivity contribution is 5.95. The third kappa shape index (κ3) is 5.29. The lowest BCUT2D eigenvalue weighted by molar-refractivity contribution is -0.137. The lowest BCUT2D eigenvalue weighted by Gasteiger charge is -2.13. The van der Waals surface area contributed by atoms with Crippen molar-refractivity contribution in [3.63, 3.8) is 0 Å². The molecule has 6 nitrogen and oxygen atoms in total. The summed E-state index contributed by atoms with van der Waals surface area (Å²) in [6.45, 7) is 7.30. The van der Waals surface area contributed by atoms with Crippen molar-refractivity contribution in [2.45, 2.75) is 39.3 Å². The molecule has 0 fully saturated rings. The number of hydrogen-bond acceptors (Lipinski definition) is 4. The van der Waals surface area contributed by atoms with Crippen LogP contribution in [0.15, 0.2) is 24.5 Å². The summed E-state index contributed by atoms with van der Waals surface area (Å²) in [6.07, 6.45) is -1.60. The van der Waals surface area contributed by atoms with Gasteiger partial charge in [-0.15, -0.1) is 0 Å². The van der Waals surface area contributed by atoms with Gasteiger partial charge in [0.2, 0.25) is 0 Å². The second kappa shape index (κ2) is 8.98. The van der Waals surface area contributed by atoms with Gasteiger partial charge in [0, 0.05) is 26.0 Å². The van der Waals surface area contributed by atoms with Crippen LogP contribution in [-0.2, 0) is 10.9 Å². The summed E-state index contributed by atoms with van der Waals surface area (Å²) in [4.78, 5) is 16.3. The van der Waals surface area contributed by atoms with Crippen LogP contribution in [-0.4, -0.2) is 40.4 Å². The molecule has 0 aliphatic heterocycles. The van der Waals surface area contributed by atoms with E-state index in [1.165, 1.54) is 16.9 Å². The van der Waals surface area contributed by atoms with Crippen LogP contribution in [0.2, 0.25) is 0 Å². The van der Waals surface area contributed by atoms with Gasteiger partial charge in [0.05, 0.1) is 23.0 Å². The highest BCUT2D eigenvalue weighted by Gasteiger charge is 2.31. The molecule has 9 heteroatoms. The number of nitrogens with one attached hydrogen (secondary N) is 1. The fourth-order valence-corrected chi connectivity index (χ4v) is 2.57. The van der Waals surface area contributed by atoms with Crippen LogP contribution in [0.5, 0.6) is 0 Å². The van der Waals surface area contributed by atoms with E-state index in [1.54, 1.807) is 0 Å². The van der Waals surface area contributed by atoms with Gasteiger partial charge in [-0.05, 0) is 31.4 Å². The largest absolute Gasteiger partial charge is 0.417 e. The molecule has 27 heavy (non-hydrogen) atoms. The molecule has 0 saturated carbocycles. The molecule has 0 spiro atoms. The minimum absolute atomic E-state index is 0.0826. The van der Waals surface area contributed by atoms with Gasteiger partial charge in [-0.3, -0.25) is 4.79 Å². The first-order valence-corrected chi connectivity index (χ1v) is 8.73. The summed E-state index contributed by atoms with van der Waals surface area (Å²) in [5, 5.41) is 6.97. The molecule has 2 aromatic rings. The fraction of sp³-hybridized carbons (Fsp3) is 0.500.